The van der Waals surface area contributed by atoms with Crippen LogP contribution in [-0.4, -0.2) is 9.65 Å². The van der Waals surface area contributed by atoms with Gasteiger partial charge in [0, 0.05) is 9.65 Å². The van der Waals surface area contributed by atoms with Crippen molar-refractivity contribution >= 4 is 31.9 Å². The minimum Gasteiger partial charge on any atom is -0.0890 e. The number of rotatable bonds is 6. The highest BCUT2D eigenvalue weighted by Gasteiger charge is 2.08. The lowest BCUT2D eigenvalue weighted by atomic mass is 10.1. The van der Waals surface area contributed by atoms with Crippen molar-refractivity contribution in [3.63, 3.8) is 0 Å². The molecule has 0 aromatic rings. The fraction of sp³-hybridized carbons (Fsp3) is 1.00. The summed E-state index contributed by atoms with van der Waals surface area (Å²) in [5.41, 5.74) is 0. The van der Waals surface area contributed by atoms with Crippen molar-refractivity contribution in [1.29, 1.82) is 0 Å². The average molecular weight is 286 g/mol. The molecule has 0 bridgehead atoms. The normalized spacial score (nSPS) is 16.4. The van der Waals surface area contributed by atoms with E-state index < -0.39 is 0 Å². The van der Waals surface area contributed by atoms with Gasteiger partial charge in [-0.25, -0.2) is 0 Å². The molecule has 2 heteroatoms. The van der Waals surface area contributed by atoms with Gasteiger partial charge >= 0.3 is 0 Å². The van der Waals surface area contributed by atoms with Crippen LogP contribution in [0.5, 0.6) is 0 Å². The number of halogens is 2. The molecule has 0 aliphatic carbocycles. The first-order chi connectivity index (χ1) is 5.20. The van der Waals surface area contributed by atoms with Gasteiger partial charge in [-0.15, -0.1) is 0 Å². The molecule has 68 valence electrons. The summed E-state index contributed by atoms with van der Waals surface area (Å²) in [5.74, 6) is 0. The van der Waals surface area contributed by atoms with Gasteiger partial charge in [-0.3, -0.25) is 0 Å². The van der Waals surface area contributed by atoms with Crippen molar-refractivity contribution in [3.05, 3.63) is 0 Å². The number of alkyl halides is 2. The van der Waals surface area contributed by atoms with Crippen molar-refractivity contribution in [2.75, 3.05) is 0 Å². The Kier molecular flexibility index (Phi) is 8.26. The smallest absolute Gasteiger partial charge is 0.0156 e. The molecule has 2 unspecified atom stereocenters. The predicted octanol–water partition coefficient (Wildman–Crippen LogP) is 4.50. The molecule has 0 N–H and O–H groups in total. The maximum atomic E-state index is 3.69. The molecule has 0 rings (SSSR count). The van der Waals surface area contributed by atoms with Crippen LogP contribution < -0.4 is 0 Å². The second-order valence-electron chi connectivity index (χ2n) is 2.98. The second kappa shape index (κ2) is 7.60. The quantitative estimate of drug-likeness (QED) is 0.630. The first-order valence-corrected chi connectivity index (χ1v) is 6.31. The van der Waals surface area contributed by atoms with E-state index in [0.717, 1.165) is 0 Å². The molecule has 0 nitrogen and oxygen atoms in total. The van der Waals surface area contributed by atoms with Crippen molar-refractivity contribution in [1.82, 2.24) is 0 Å². The van der Waals surface area contributed by atoms with Crippen molar-refractivity contribution < 1.29 is 0 Å². The minimum absolute atomic E-state index is 0.698. The van der Waals surface area contributed by atoms with E-state index in [1.807, 2.05) is 0 Å². The third kappa shape index (κ3) is 7.32. The van der Waals surface area contributed by atoms with E-state index in [2.05, 4.69) is 45.7 Å². The maximum absolute atomic E-state index is 3.69. The van der Waals surface area contributed by atoms with Crippen LogP contribution >= 0.6 is 31.9 Å². The standard InChI is InChI=1S/C9H18Br2/c1-3-5-6-9(11)7-8(10)4-2/h8-9H,3-7H2,1-2H3. The Bertz CT molecular complexity index is 83.6. The van der Waals surface area contributed by atoms with E-state index in [1.54, 1.807) is 0 Å². The third-order valence-corrected chi connectivity index (χ3v) is 3.68. The largest absolute Gasteiger partial charge is 0.0890 e. The highest BCUT2D eigenvalue weighted by Crippen LogP contribution is 2.21. The van der Waals surface area contributed by atoms with E-state index in [-0.39, 0.29) is 0 Å². The van der Waals surface area contributed by atoms with Crippen LogP contribution in [0.25, 0.3) is 0 Å². The molecule has 0 aliphatic heterocycles. The van der Waals surface area contributed by atoms with E-state index in [1.165, 1.54) is 32.1 Å². The molecule has 0 amide bonds. The molecule has 0 saturated carbocycles. The Morgan fingerprint density at radius 1 is 1.09 bits per heavy atom. The van der Waals surface area contributed by atoms with Crippen LogP contribution in [0.15, 0.2) is 0 Å². The van der Waals surface area contributed by atoms with Crippen LogP contribution in [0.4, 0.5) is 0 Å². The van der Waals surface area contributed by atoms with E-state index in [0.29, 0.717) is 9.65 Å². The summed E-state index contributed by atoms with van der Waals surface area (Å²) in [6.45, 7) is 4.46. The molecule has 0 aliphatic rings. The molecule has 0 aromatic heterocycles. The second-order valence-corrected chi connectivity index (χ2v) is 5.57. The van der Waals surface area contributed by atoms with Gasteiger partial charge in [0.25, 0.3) is 0 Å². The van der Waals surface area contributed by atoms with Crippen LogP contribution in [0.1, 0.15) is 46.0 Å². The summed E-state index contributed by atoms with van der Waals surface area (Å²) in [7, 11) is 0. The Labute approximate surface area is 87.4 Å². The molecular weight excluding hydrogens is 268 g/mol. The molecular formula is C9H18Br2. The van der Waals surface area contributed by atoms with Gasteiger partial charge < -0.3 is 0 Å². The lowest BCUT2D eigenvalue weighted by molar-refractivity contribution is 0.635. The summed E-state index contributed by atoms with van der Waals surface area (Å²) < 4.78 is 0. The van der Waals surface area contributed by atoms with E-state index in [9.17, 15) is 0 Å². The van der Waals surface area contributed by atoms with Crippen molar-refractivity contribution in [2.24, 2.45) is 0 Å². The summed E-state index contributed by atoms with van der Waals surface area (Å²) in [4.78, 5) is 1.41. The van der Waals surface area contributed by atoms with Crippen LogP contribution in [0.3, 0.4) is 0 Å². The maximum Gasteiger partial charge on any atom is 0.0156 e. The third-order valence-electron chi connectivity index (χ3n) is 1.83. The molecule has 0 spiro atoms. The van der Waals surface area contributed by atoms with Gasteiger partial charge in [-0.2, -0.15) is 0 Å². The highest BCUT2D eigenvalue weighted by molar-refractivity contribution is 9.10. The topological polar surface area (TPSA) is 0 Å². The molecule has 0 fully saturated rings. The monoisotopic (exact) mass is 284 g/mol. The van der Waals surface area contributed by atoms with Gasteiger partial charge in [0.2, 0.25) is 0 Å². The SMILES string of the molecule is CCCCC(Br)CC(Br)CC. The van der Waals surface area contributed by atoms with Gasteiger partial charge in [-0.05, 0) is 19.3 Å². The zero-order valence-corrected chi connectivity index (χ0v) is 10.6. The Balaban J connectivity index is 3.27. The van der Waals surface area contributed by atoms with Crippen LogP contribution in [0.2, 0.25) is 0 Å². The predicted molar refractivity (Wildman–Crippen MR) is 59.9 cm³/mol. The van der Waals surface area contributed by atoms with Gasteiger partial charge in [0.05, 0.1) is 0 Å². The molecule has 0 saturated heterocycles. The average Bonchev–Trinajstić information content (AvgIpc) is 2.00. The number of unbranched alkanes of at least 4 members (excludes halogenated alkanes) is 1. The Hall–Kier alpha value is 0.960. The zero-order chi connectivity index (χ0) is 8.69. The zero-order valence-electron chi connectivity index (χ0n) is 7.45. The van der Waals surface area contributed by atoms with Crippen molar-refractivity contribution in [2.45, 2.75) is 55.6 Å². The molecule has 2 atom stereocenters. The summed E-state index contributed by atoms with van der Waals surface area (Å²) in [5, 5.41) is 0. The van der Waals surface area contributed by atoms with E-state index in [4.69, 9.17) is 0 Å². The highest BCUT2D eigenvalue weighted by atomic mass is 79.9. The summed E-state index contributed by atoms with van der Waals surface area (Å²) in [6, 6.07) is 0. The number of hydrogen-bond donors (Lipinski definition) is 0. The first-order valence-electron chi connectivity index (χ1n) is 4.48. The molecule has 0 heterocycles. The number of hydrogen-bond acceptors (Lipinski definition) is 0. The molecule has 11 heavy (non-hydrogen) atoms. The van der Waals surface area contributed by atoms with E-state index >= 15 is 0 Å². The molecule has 0 radical (unpaired) electrons. The first kappa shape index (κ1) is 12.0. The Morgan fingerprint density at radius 3 is 2.18 bits per heavy atom. The minimum atomic E-state index is 0.698. The van der Waals surface area contributed by atoms with Crippen LogP contribution in [-0.2, 0) is 0 Å². The fourth-order valence-corrected chi connectivity index (χ4v) is 2.72. The van der Waals surface area contributed by atoms with Gasteiger partial charge in [0.1, 0.15) is 0 Å². The lowest BCUT2D eigenvalue weighted by Gasteiger charge is -2.12. The summed E-state index contributed by atoms with van der Waals surface area (Å²) >= 11 is 7.33. The lowest BCUT2D eigenvalue weighted by Crippen LogP contribution is -2.06. The van der Waals surface area contributed by atoms with Gasteiger partial charge in [-0.1, -0.05) is 58.5 Å². The molecule has 0 aromatic carbocycles. The Morgan fingerprint density at radius 2 is 1.73 bits per heavy atom. The summed E-state index contributed by atoms with van der Waals surface area (Å²) in [6.07, 6.45) is 6.46. The van der Waals surface area contributed by atoms with Crippen LogP contribution in [0, 0.1) is 0 Å². The fourth-order valence-electron chi connectivity index (χ4n) is 0.988. The van der Waals surface area contributed by atoms with Gasteiger partial charge in [0.15, 0.2) is 0 Å². The van der Waals surface area contributed by atoms with Crippen molar-refractivity contribution in [3.8, 4) is 0 Å².